The summed E-state index contributed by atoms with van der Waals surface area (Å²) in [5.41, 5.74) is 1.32. The maximum atomic E-state index is 13.2. The number of carbonyl (C=O) groups excluding carboxylic acids is 1. The minimum absolute atomic E-state index is 0.0264. The van der Waals surface area contributed by atoms with Gasteiger partial charge in [0.1, 0.15) is 28.6 Å². The first-order chi connectivity index (χ1) is 16.7. The summed E-state index contributed by atoms with van der Waals surface area (Å²) in [7, 11) is 0. The van der Waals surface area contributed by atoms with E-state index in [0.29, 0.717) is 33.9 Å². The van der Waals surface area contributed by atoms with Crippen molar-refractivity contribution in [3.8, 4) is 23.0 Å². The largest absolute Gasteiger partial charge is 0.508 e. The zero-order valence-corrected chi connectivity index (χ0v) is 19.1. The number of fused-ring (bicyclic) bond motifs is 5. The zero-order valence-electron chi connectivity index (χ0n) is 19.1. The van der Waals surface area contributed by atoms with Crippen molar-refractivity contribution in [3.63, 3.8) is 0 Å². The molecule has 7 heteroatoms. The summed E-state index contributed by atoms with van der Waals surface area (Å²) in [5.74, 6) is -3.03. The van der Waals surface area contributed by atoms with Gasteiger partial charge in [-0.05, 0) is 71.0 Å². The molecule has 5 N–H and O–H groups in total. The van der Waals surface area contributed by atoms with Crippen molar-refractivity contribution in [2.75, 3.05) is 0 Å². The van der Waals surface area contributed by atoms with E-state index in [1.54, 1.807) is 24.3 Å². The van der Waals surface area contributed by atoms with Gasteiger partial charge in [-0.15, -0.1) is 0 Å². The van der Waals surface area contributed by atoms with Crippen LogP contribution in [0.25, 0.3) is 21.5 Å². The average molecular weight is 472 g/mol. The second kappa shape index (κ2) is 8.20. The van der Waals surface area contributed by atoms with E-state index < -0.39 is 11.8 Å². The molecule has 5 rings (SSSR count). The number of benzene rings is 4. The first kappa shape index (κ1) is 22.5. The van der Waals surface area contributed by atoms with Crippen LogP contribution >= 0.6 is 0 Å². The minimum atomic E-state index is -1.23. The molecular weight excluding hydrogens is 448 g/mol. The maximum absolute atomic E-state index is 13.2. The van der Waals surface area contributed by atoms with Gasteiger partial charge in [0.15, 0.2) is 0 Å². The fourth-order valence-corrected chi connectivity index (χ4v) is 5.24. The van der Waals surface area contributed by atoms with Gasteiger partial charge in [0.2, 0.25) is 5.78 Å². The van der Waals surface area contributed by atoms with Crippen molar-refractivity contribution in [1.29, 1.82) is 0 Å². The highest BCUT2D eigenvalue weighted by Gasteiger charge is 2.31. The van der Waals surface area contributed by atoms with Gasteiger partial charge >= 0.3 is 5.97 Å². The quantitative estimate of drug-likeness (QED) is 0.171. The van der Waals surface area contributed by atoms with E-state index in [0.717, 1.165) is 25.3 Å². The summed E-state index contributed by atoms with van der Waals surface area (Å²) >= 11 is 0. The van der Waals surface area contributed by atoms with E-state index in [2.05, 4.69) is 6.92 Å². The molecule has 178 valence electrons. The Kier molecular flexibility index (Phi) is 5.28. The van der Waals surface area contributed by atoms with Crippen molar-refractivity contribution in [2.24, 2.45) is 0 Å². The molecule has 7 nitrogen and oxygen atoms in total. The number of phenols is 4. The third kappa shape index (κ3) is 3.43. The standard InChI is InChI=1S/C28H24O7/c1-2-3-4-5-13-8-14-6-7-18-19(21(14)26(32)24(13)28(34)35)11-16-9-15-10-17(29)12-20(30)22(15)27(33)23(16)25(18)31/h6-8,10-12,29-32H,2-5,9H2,1H3,(H,34,35). The van der Waals surface area contributed by atoms with Crippen molar-refractivity contribution in [2.45, 2.75) is 39.0 Å². The third-order valence-corrected chi connectivity index (χ3v) is 6.82. The van der Waals surface area contributed by atoms with Gasteiger partial charge in [-0.3, -0.25) is 4.79 Å². The lowest BCUT2D eigenvalue weighted by Gasteiger charge is -2.22. The molecule has 0 aromatic heterocycles. The Balaban J connectivity index is 1.79. The van der Waals surface area contributed by atoms with Crippen LogP contribution < -0.4 is 0 Å². The van der Waals surface area contributed by atoms with Gasteiger partial charge in [0, 0.05) is 16.8 Å². The fraction of sp³-hybridized carbons (Fsp3) is 0.214. The van der Waals surface area contributed by atoms with E-state index in [4.69, 9.17) is 0 Å². The number of aromatic carboxylic acids is 1. The predicted molar refractivity (Wildman–Crippen MR) is 131 cm³/mol. The zero-order chi connectivity index (χ0) is 25.0. The molecular formula is C28H24O7. The molecule has 4 aromatic carbocycles. The number of carbonyl (C=O) groups is 2. The summed E-state index contributed by atoms with van der Waals surface area (Å²) in [4.78, 5) is 25.3. The Morgan fingerprint density at radius 2 is 1.63 bits per heavy atom. The van der Waals surface area contributed by atoms with Crippen molar-refractivity contribution >= 4 is 33.3 Å². The molecule has 4 aromatic rings. The number of hydrogen-bond acceptors (Lipinski definition) is 6. The predicted octanol–water partition coefficient (Wildman–Crippen LogP) is 5.38. The third-order valence-electron chi connectivity index (χ3n) is 6.82. The number of aromatic hydroxyl groups is 4. The van der Waals surface area contributed by atoms with Gasteiger partial charge in [-0.1, -0.05) is 25.8 Å². The van der Waals surface area contributed by atoms with Gasteiger partial charge in [0.05, 0.1) is 11.1 Å². The SMILES string of the molecule is CCCCCc1cc2ccc3c(O)c4c(cc3c2c(O)c1C(=O)O)Cc1cc(O)cc(O)c1C4=O. The number of hydrogen-bond donors (Lipinski definition) is 5. The molecule has 0 spiro atoms. The summed E-state index contributed by atoms with van der Waals surface area (Å²) < 4.78 is 0. The summed E-state index contributed by atoms with van der Waals surface area (Å²) in [6.45, 7) is 2.06. The number of rotatable bonds is 5. The Labute approximate surface area is 200 Å². The maximum Gasteiger partial charge on any atom is 0.339 e. The number of phenolic OH excluding ortho intramolecular Hbond substituents is 3. The number of carboxylic acid groups (broad SMARTS) is 1. The lowest BCUT2D eigenvalue weighted by Crippen LogP contribution is -2.15. The average Bonchev–Trinajstić information content (AvgIpc) is 2.78. The van der Waals surface area contributed by atoms with Crippen LogP contribution in [-0.4, -0.2) is 37.3 Å². The molecule has 0 bridgehead atoms. The number of aryl methyl sites for hydroxylation is 1. The Bertz CT molecular complexity index is 1570. The molecule has 1 aliphatic rings. The molecule has 0 radical (unpaired) electrons. The molecule has 0 aliphatic heterocycles. The highest BCUT2D eigenvalue weighted by molar-refractivity contribution is 6.22. The number of ketones is 1. The minimum Gasteiger partial charge on any atom is -0.508 e. The first-order valence-electron chi connectivity index (χ1n) is 11.5. The van der Waals surface area contributed by atoms with Crippen LogP contribution in [0.2, 0.25) is 0 Å². The summed E-state index contributed by atoms with van der Waals surface area (Å²) in [6.07, 6.45) is 3.39. The van der Waals surface area contributed by atoms with Crippen LogP contribution in [0.4, 0.5) is 0 Å². The molecule has 0 saturated heterocycles. The summed E-state index contributed by atoms with van der Waals surface area (Å²) in [6, 6.07) is 9.23. The normalized spacial score (nSPS) is 12.7. The molecule has 1 aliphatic carbocycles. The van der Waals surface area contributed by atoms with Crippen LogP contribution in [0.15, 0.2) is 36.4 Å². The Morgan fingerprint density at radius 3 is 2.34 bits per heavy atom. The molecule has 0 amide bonds. The van der Waals surface area contributed by atoms with E-state index in [1.165, 1.54) is 6.07 Å². The highest BCUT2D eigenvalue weighted by atomic mass is 16.4. The molecule has 0 heterocycles. The first-order valence-corrected chi connectivity index (χ1v) is 11.5. The fourth-order valence-electron chi connectivity index (χ4n) is 5.24. The van der Waals surface area contributed by atoms with Gasteiger partial charge in [-0.25, -0.2) is 4.79 Å². The van der Waals surface area contributed by atoms with Crippen LogP contribution in [-0.2, 0) is 12.8 Å². The van der Waals surface area contributed by atoms with Crippen LogP contribution in [0.5, 0.6) is 23.0 Å². The molecule has 0 fully saturated rings. The Morgan fingerprint density at radius 1 is 0.886 bits per heavy atom. The van der Waals surface area contributed by atoms with Crippen LogP contribution in [0, 0.1) is 0 Å². The molecule has 0 atom stereocenters. The topological polar surface area (TPSA) is 135 Å². The lowest BCUT2D eigenvalue weighted by molar-refractivity contribution is 0.0692. The second-order valence-corrected chi connectivity index (χ2v) is 9.04. The van der Waals surface area contributed by atoms with Crippen LogP contribution in [0.3, 0.4) is 0 Å². The van der Waals surface area contributed by atoms with E-state index in [1.807, 2.05) is 0 Å². The van der Waals surface area contributed by atoms with Gasteiger partial charge in [-0.2, -0.15) is 0 Å². The van der Waals surface area contributed by atoms with Crippen LogP contribution in [0.1, 0.15) is 69.2 Å². The molecule has 0 unspecified atom stereocenters. The molecule has 0 saturated carbocycles. The van der Waals surface area contributed by atoms with Crippen molar-refractivity contribution in [3.05, 3.63) is 69.8 Å². The van der Waals surface area contributed by atoms with E-state index >= 15 is 0 Å². The van der Waals surface area contributed by atoms with E-state index in [9.17, 15) is 35.1 Å². The lowest BCUT2D eigenvalue weighted by atomic mass is 9.81. The summed E-state index contributed by atoms with van der Waals surface area (Å²) in [5, 5.41) is 53.9. The van der Waals surface area contributed by atoms with Gasteiger partial charge < -0.3 is 25.5 Å². The van der Waals surface area contributed by atoms with Crippen molar-refractivity contribution < 1.29 is 35.1 Å². The number of unbranched alkanes of at least 4 members (excludes halogenated alkanes) is 2. The monoisotopic (exact) mass is 472 g/mol. The Hall–Kier alpha value is -4.26. The van der Waals surface area contributed by atoms with E-state index in [-0.39, 0.29) is 56.9 Å². The van der Waals surface area contributed by atoms with Crippen molar-refractivity contribution in [1.82, 2.24) is 0 Å². The van der Waals surface area contributed by atoms with Gasteiger partial charge in [0.25, 0.3) is 0 Å². The number of carboxylic acids is 1. The highest BCUT2D eigenvalue weighted by Crippen LogP contribution is 2.45. The molecule has 35 heavy (non-hydrogen) atoms. The smallest absolute Gasteiger partial charge is 0.339 e. The second-order valence-electron chi connectivity index (χ2n) is 9.04.